The molecule has 10 heteroatoms. The van der Waals surface area contributed by atoms with Gasteiger partial charge in [0.1, 0.15) is 10.6 Å². The molecule has 0 aliphatic rings. The van der Waals surface area contributed by atoms with Crippen LogP contribution in [-0.4, -0.2) is 23.7 Å². The zero-order valence-electron chi connectivity index (χ0n) is 10.6. The maximum Gasteiger partial charge on any atom is 0.265 e. The summed E-state index contributed by atoms with van der Waals surface area (Å²) in [5.74, 6) is -4.89. The minimum atomic E-state index is -4.33. The van der Waals surface area contributed by atoms with Gasteiger partial charge in [0.05, 0.1) is 18.0 Å². The average molecular weight is 321 g/mol. The van der Waals surface area contributed by atoms with Crippen LogP contribution in [0.2, 0.25) is 0 Å². The van der Waals surface area contributed by atoms with Gasteiger partial charge in [0.15, 0.2) is 17.5 Å². The largest absolute Gasteiger partial charge is 0.390 e. The molecule has 0 fully saturated rings. The van der Waals surface area contributed by atoms with Crippen molar-refractivity contribution in [2.45, 2.75) is 18.4 Å². The Balaban J connectivity index is 2.48. The van der Waals surface area contributed by atoms with Crippen molar-refractivity contribution < 1.29 is 26.7 Å². The molecule has 1 aromatic carbocycles. The molecule has 2 aromatic rings. The van der Waals surface area contributed by atoms with E-state index in [2.05, 4.69) is 10.2 Å². The van der Waals surface area contributed by atoms with Crippen LogP contribution in [-0.2, 0) is 16.6 Å². The Kier molecular flexibility index (Phi) is 3.92. The highest BCUT2D eigenvalue weighted by Gasteiger charge is 2.26. The number of nitrogens with one attached hydrogen (secondary N) is 2. The zero-order chi connectivity index (χ0) is 15.8. The quantitative estimate of drug-likeness (QED) is 0.742. The van der Waals surface area contributed by atoms with Gasteiger partial charge in [-0.15, -0.1) is 0 Å². The van der Waals surface area contributed by atoms with Crippen LogP contribution in [0.15, 0.2) is 17.0 Å². The Labute approximate surface area is 117 Å². The summed E-state index contributed by atoms with van der Waals surface area (Å²) < 4.78 is 65.5. The van der Waals surface area contributed by atoms with E-state index < -0.39 is 39.8 Å². The number of aliphatic hydroxyl groups is 1. The normalized spacial score (nSPS) is 11.7. The van der Waals surface area contributed by atoms with E-state index in [0.29, 0.717) is 6.07 Å². The lowest BCUT2D eigenvalue weighted by molar-refractivity contribution is 0.273. The Hall–Kier alpha value is -2.07. The Morgan fingerprint density at radius 2 is 1.95 bits per heavy atom. The van der Waals surface area contributed by atoms with Crippen LogP contribution < -0.4 is 4.72 Å². The van der Waals surface area contributed by atoms with Gasteiger partial charge in [-0.05, 0) is 19.1 Å². The second-order valence-electron chi connectivity index (χ2n) is 4.11. The van der Waals surface area contributed by atoms with Crippen LogP contribution in [0, 0.1) is 24.4 Å². The summed E-state index contributed by atoms with van der Waals surface area (Å²) in [6, 6.07) is 1.34. The van der Waals surface area contributed by atoms with Crippen molar-refractivity contribution >= 4 is 15.7 Å². The lowest BCUT2D eigenvalue weighted by atomic mass is 10.3. The summed E-state index contributed by atoms with van der Waals surface area (Å²) >= 11 is 0. The molecule has 0 radical (unpaired) electrons. The van der Waals surface area contributed by atoms with E-state index in [4.69, 9.17) is 5.11 Å². The number of aryl methyl sites for hydroxylation is 1. The highest BCUT2D eigenvalue weighted by molar-refractivity contribution is 7.92. The number of nitrogens with zero attached hydrogens (tertiary/aromatic N) is 1. The van der Waals surface area contributed by atoms with E-state index in [9.17, 15) is 21.6 Å². The molecule has 0 aliphatic carbocycles. The van der Waals surface area contributed by atoms with E-state index in [0.717, 1.165) is 6.07 Å². The summed E-state index contributed by atoms with van der Waals surface area (Å²) in [6.45, 7) is 0.711. The minimum absolute atomic E-state index is 0.106. The predicted molar refractivity (Wildman–Crippen MR) is 66.4 cm³/mol. The molecule has 2 rings (SSSR count). The van der Waals surface area contributed by atoms with Crippen LogP contribution >= 0.6 is 0 Å². The standard InChI is InChI=1S/C11H10F3N3O3S/c1-5-11(8(4-18)16-15-5)21(19,20)17-7-3-2-6(12)9(13)10(7)14/h2-3,17-18H,4H2,1H3,(H,15,16). The van der Waals surface area contributed by atoms with E-state index in [-0.39, 0.29) is 16.3 Å². The molecule has 21 heavy (non-hydrogen) atoms. The first-order chi connectivity index (χ1) is 9.77. The van der Waals surface area contributed by atoms with Gasteiger partial charge in [-0.2, -0.15) is 5.10 Å². The Morgan fingerprint density at radius 3 is 2.57 bits per heavy atom. The first kappa shape index (κ1) is 15.3. The molecule has 3 N–H and O–H groups in total. The summed E-state index contributed by atoms with van der Waals surface area (Å²) in [5, 5.41) is 15.0. The molecular formula is C11H10F3N3O3S. The lowest BCUT2D eigenvalue weighted by Crippen LogP contribution is -2.17. The molecule has 1 heterocycles. The number of aromatic amines is 1. The van der Waals surface area contributed by atoms with Gasteiger partial charge >= 0.3 is 0 Å². The molecule has 0 saturated heterocycles. The van der Waals surface area contributed by atoms with Crippen molar-refractivity contribution in [1.29, 1.82) is 0 Å². The molecule has 0 saturated carbocycles. The number of aliphatic hydroxyl groups excluding tert-OH is 1. The fourth-order valence-electron chi connectivity index (χ4n) is 1.73. The van der Waals surface area contributed by atoms with Crippen molar-refractivity contribution in [3.63, 3.8) is 0 Å². The fraction of sp³-hybridized carbons (Fsp3) is 0.182. The summed E-state index contributed by atoms with van der Waals surface area (Å²) in [7, 11) is -4.33. The molecule has 0 spiro atoms. The molecular weight excluding hydrogens is 311 g/mol. The summed E-state index contributed by atoms with van der Waals surface area (Å²) in [5.41, 5.74) is -0.823. The molecule has 0 unspecified atom stereocenters. The molecule has 1 aromatic heterocycles. The SMILES string of the molecule is Cc1[nH]nc(CO)c1S(=O)(=O)Nc1ccc(F)c(F)c1F. The van der Waals surface area contributed by atoms with Gasteiger partial charge < -0.3 is 5.11 Å². The van der Waals surface area contributed by atoms with Crippen molar-refractivity contribution in [2.24, 2.45) is 0 Å². The second kappa shape index (κ2) is 5.37. The van der Waals surface area contributed by atoms with Gasteiger partial charge in [-0.1, -0.05) is 0 Å². The van der Waals surface area contributed by atoms with Crippen LogP contribution in [0.1, 0.15) is 11.4 Å². The number of hydrogen-bond acceptors (Lipinski definition) is 4. The van der Waals surface area contributed by atoms with E-state index in [1.54, 1.807) is 4.72 Å². The number of rotatable bonds is 4. The first-order valence-corrected chi connectivity index (χ1v) is 7.07. The monoisotopic (exact) mass is 321 g/mol. The summed E-state index contributed by atoms with van der Waals surface area (Å²) in [6.07, 6.45) is 0. The number of sulfonamides is 1. The van der Waals surface area contributed by atoms with Crippen molar-refractivity contribution in [3.05, 3.63) is 41.0 Å². The highest BCUT2D eigenvalue weighted by atomic mass is 32.2. The maximum absolute atomic E-state index is 13.5. The van der Waals surface area contributed by atoms with Crippen LogP contribution in [0.3, 0.4) is 0 Å². The van der Waals surface area contributed by atoms with Crippen LogP contribution in [0.4, 0.5) is 18.9 Å². The number of anilines is 1. The first-order valence-electron chi connectivity index (χ1n) is 5.59. The third-order valence-electron chi connectivity index (χ3n) is 2.66. The molecule has 114 valence electrons. The topological polar surface area (TPSA) is 95.1 Å². The summed E-state index contributed by atoms with van der Waals surface area (Å²) in [4.78, 5) is -0.380. The van der Waals surface area contributed by atoms with Gasteiger partial charge in [0, 0.05) is 0 Å². The minimum Gasteiger partial charge on any atom is -0.390 e. The Morgan fingerprint density at radius 1 is 1.29 bits per heavy atom. The lowest BCUT2D eigenvalue weighted by Gasteiger charge is -2.10. The van der Waals surface area contributed by atoms with Gasteiger partial charge in [-0.25, -0.2) is 21.6 Å². The van der Waals surface area contributed by atoms with Crippen molar-refractivity contribution in [3.8, 4) is 0 Å². The number of aromatic nitrogens is 2. The number of H-pyrrole nitrogens is 1. The van der Waals surface area contributed by atoms with Crippen LogP contribution in [0.5, 0.6) is 0 Å². The molecule has 0 atom stereocenters. The zero-order valence-corrected chi connectivity index (χ0v) is 11.4. The Bertz CT molecular complexity index is 789. The number of benzene rings is 1. The molecule has 0 bridgehead atoms. The third-order valence-corrected chi connectivity index (χ3v) is 4.23. The highest BCUT2D eigenvalue weighted by Crippen LogP contribution is 2.25. The van der Waals surface area contributed by atoms with Crippen molar-refractivity contribution in [1.82, 2.24) is 10.2 Å². The third kappa shape index (κ3) is 2.72. The van der Waals surface area contributed by atoms with Gasteiger partial charge in [-0.3, -0.25) is 9.82 Å². The van der Waals surface area contributed by atoms with Gasteiger partial charge in [0.2, 0.25) is 0 Å². The maximum atomic E-state index is 13.5. The number of halogens is 3. The second-order valence-corrected chi connectivity index (χ2v) is 5.73. The number of hydrogen-bond donors (Lipinski definition) is 3. The van der Waals surface area contributed by atoms with E-state index in [1.165, 1.54) is 6.92 Å². The molecule has 6 nitrogen and oxygen atoms in total. The fourth-order valence-corrected chi connectivity index (χ4v) is 3.15. The van der Waals surface area contributed by atoms with E-state index >= 15 is 0 Å². The molecule has 0 amide bonds. The van der Waals surface area contributed by atoms with Crippen molar-refractivity contribution in [2.75, 3.05) is 4.72 Å². The average Bonchev–Trinajstić information content (AvgIpc) is 2.81. The van der Waals surface area contributed by atoms with Gasteiger partial charge in [0.25, 0.3) is 10.0 Å². The molecule has 0 aliphatic heterocycles. The van der Waals surface area contributed by atoms with E-state index in [1.807, 2.05) is 0 Å². The smallest absolute Gasteiger partial charge is 0.265 e. The van der Waals surface area contributed by atoms with Crippen LogP contribution in [0.25, 0.3) is 0 Å². The predicted octanol–water partition coefficient (Wildman–Crippen LogP) is 1.43.